The summed E-state index contributed by atoms with van der Waals surface area (Å²) in [5.41, 5.74) is -0.137. The Bertz CT molecular complexity index is 269. The van der Waals surface area contributed by atoms with E-state index >= 15 is 0 Å². The number of rotatable bonds is 0. The smallest absolute Gasteiger partial charge is 0.138 e. The maximum atomic E-state index is 5.95. The molecule has 0 amide bonds. The Morgan fingerprint density at radius 1 is 1.33 bits per heavy atom. The maximum Gasteiger partial charge on any atom is 0.138 e. The molecule has 0 saturated carbocycles. The van der Waals surface area contributed by atoms with Gasteiger partial charge in [-0.25, -0.2) is 0 Å². The number of halogens is 1. The third kappa shape index (κ3) is 0.483. The van der Waals surface area contributed by atoms with Gasteiger partial charge in [-0.3, -0.25) is 0 Å². The topological polar surface area (TPSA) is 31.0 Å². The maximum absolute atomic E-state index is 5.95. The van der Waals surface area contributed by atoms with E-state index in [4.69, 9.17) is 14.2 Å². The van der Waals surface area contributed by atoms with E-state index in [1.165, 1.54) is 0 Å². The van der Waals surface area contributed by atoms with Crippen molar-refractivity contribution in [1.29, 1.82) is 0 Å². The summed E-state index contributed by atoms with van der Waals surface area (Å²) in [5.74, 6) is 0. The van der Waals surface area contributed by atoms with E-state index in [-0.39, 0.29) is 9.93 Å². The van der Waals surface area contributed by atoms with E-state index in [2.05, 4.69) is 15.9 Å². The van der Waals surface area contributed by atoms with Gasteiger partial charge in [0, 0.05) is 0 Å². The number of fused-ring (bicyclic) bond motifs is 3. The van der Waals surface area contributed by atoms with Crippen molar-refractivity contribution in [3.63, 3.8) is 0 Å². The minimum atomic E-state index is -0.137. The van der Waals surface area contributed by atoms with Crippen LogP contribution in [0.1, 0.15) is 6.42 Å². The number of epoxide rings is 1. The highest BCUT2D eigenvalue weighted by atomic mass is 79.9. The second-order valence-electron chi connectivity index (χ2n) is 4.23. The van der Waals surface area contributed by atoms with E-state index in [9.17, 15) is 0 Å². The average Bonchev–Trinajstić information content (AvgIpc) is 2.59. The summed E-state index contributed by atoms with van der Waals surface area (Å²) in [4.78, 5) is 0. The molecule has 0 aromatic heterocycles. The fraction of sp³-hybridized carbons (Fsp3) is 1.00. The van der Waals surface area contributed by atoms with E-state index in [1.807, 2.05) is 0 Å². The Kier molecular flexibility index (Phi) is 0.918. The zero-order valence-electron chi connectivity index (χ0n) is 6.46. The fourth-order valence-electron chi connectivity index (χ4n) is 2.99. The van der Waals surface area contributed by atoms with Crippen LogP contribution in [0, 0.1) is 0 Å². The van der Waals surface area contributed by atoms with E-state index in [1.54, 1.807) is 0 Å². The van der Waals surface area contributed by atoms with Crippen LogP contribution in [0.2, 0.25) is 0 Å². The molecule has 0 aromatic rings. The summed E-state index contributed by atoms with van der Waals surface area (Å²) in [5, 5.41) is 0. The van der Waals surface area contributed by atoms with Crippen LogP contribution in [0.25, 0.3) is 0 Å². The summed E-state index contributed by atoms with van der Waals surface area (Å²) in [7, 11) is 0. The van der Waals surface area contributed by atoms with Gasteiger partial charge in [-0.15, -0.1) is 0 Å². The number of alkyl halides is 1. The van der Waals surface area contributed by atoms with Crippen molar-refractivity contribution in [1.82, 2.24) is 0 Å². The second kappa shape index (κ2) is 1.63. The van der Waals surface area contributed by atoms with Gasteiger partial charge >= 0.3 is 0 Å². The van der Waals surface area contributed by atoms with Crippen molar-refractivity contribution in [2.24, 2.45) is 0 Å². The van der Waals surface area contributed by atoms with Gasteiger partial charge in [-0.05, 0) is 6.42 Å². The van der Waals surface area contributed by atoms with Crippen LogP contribution >= 0.6 is 15.9 Å². The summed E-state index contributed by atoms with van der Waals surface area (Å²) < 4.78 is 17.1. The Morgan fingerprint density at radius 3 is 3.08 bits per heavy atom. The molecule has 0 aromatic carbocycles. The Morgan fingerprint density at radius 2 is 2.25 bits per heavy atom. The molecule has 4 heteroatoms. The first-order valence-corrected chi connectivity index (χ1v) is 5.14. The van der Waals surface area contributed by atoms with Gasteiger partial charge in [-0.1, -0.05) is 15.9 Å². The SMILES string of the molecule is Br[C@@]12COC[C@]13O[C@H](C2)[C@H]1O[C@H]13. The minimum absolute atomic E-state index is 0.0579. The van der Waals surface area contributed by atoms with Crippen molar-refractivity contribution in [2.45, 2.75) is 34.7 Å². The standard InChI is InChI=1S/C8H9BrO3/c9-7-1-4-5-6(11-5)8(7,12-4)3-10-2-7/h4-6H,1-3H2/t4-,5-,6-,7+,8-/m1/s1. The van der Waals surface area contributed by atoms with Crippen LogP contribution in [-0.2, 0) is 14.2 Å². The van der Waals surface area contributed by atoms with Crippen LogP contribution < -0.4 is 0 Å². The zero-order valence-corrected chi connectivity index (χ0v) is 8.04. The molecule has 4 rings (SSSR count). The van der Waals surface area contributed by atoms with Gasteiger partial charge < -0.3 is 14.2 Å². The molecule has 0 aliphatic carbocycles. The molecule has 1 spiro atoms. The summed E-state index contributed by atoms with van der Waals surface area (Å²) in [6, 6.07) is 0. The number of hydrogen-bond acceptors (Lipinski definition) is 3. The predicted octanol–water partition coefficient (Wildman–Crippen LogP) is 0.459. The Labute approximate surface area is 78.5 Å². The molecule has 5 atom stereocenters. The van der Waals surface area contributed by atoms with Gasteiger partial charge in [-0.2, -0.15) is 0 Å². The second-order valence-corrected chi connectivity index (χ2v) is 5.75. The molecule has 0 radical (unpaired) electrons. The highest BCUT2D eigenvalue weighted by molar-refractivity contribution is 9.10. The Balaban J connectivity index is 1.90. The first-order valence-electron chi connectivity index (χ1n) is 4.35. The summed E-state index contributed by atoms with van der Waals surface area (Å²) >= 11 is 3.76. The molecule has 4 heterocycles. The lowest BCUT2D eigenvalue weighted by Crippen LogP contribution is -2.50. The van der Waals surface area contributed by atoms with Crippen molar-refractivity contribution in [3.8, 4) is 0 Å². The van der Waals surface area contributed by atoms with Crippen LogP contribution in [0.3, 0.4) is 0 Å². The van der Waals surface area contributed by atoms with Gasteiger partial charge in [0.05, 0.1) is 23.6 Å². The van der Waals surface area contributed by atoms with E-state index in [0.717, 1.165) is 13.0 Å². The van der Waals surface area contributed by atoms with E-state index in [0.29, 0.717) is 24.9 Å². The molecule has 4 fully saturated rings. The van der Waals surface area contributed by atoms with Crippen LogP contribution in [0.5, 0.6) is 0 Å². The quantitative estimate of drug-likeness (QED) is 0.450. The van der Waals surface area contributed by atoms with Crippen molar-refractivity contribution < 1.29 is 14.2 Å². The molecule has 4 aliphatic rings. The van der Waals surface area contributed by atoms with Gasteiger partial charge in [0.15, 0.2) is 0 Å². The van der Waals surface area contributed by atoms with Crippen molar-refractivity contribution in [3.05, 3.63) is 0 Å². The van der Waals surface area contributed by atoms with Gasteiger partial charge in [0.2, 0.25) is 0 Å². The normalized spacial score (nSPS) is 71.2. The predicted molar refractivity (Wildman–Crippen MR) is 43.4 cm³/mol. The monoisotopic (exact) mass is 232 g/mol. The molecule has 0 unspecified atom stereocenters. The average molecular weight is 233 g/mol. The Hall–Kier alpha value is 0.360. The molecule has 66 valence electrons. The third-order valence-corrected chi connectivity index (χ3v) is 4.87. The highest BCUT2D eigenvalue weighted by Crippen LogP contribution is 2.64. The van der Waals surface area contributed by atoms with Crippen molar-refractivity contribution >= 4 is 15.9 Å². The molecule has 0 N–H and O–H groups in total. The third-order valence-electron chi connectivity index (χ3n) is 3.64. The van der Waals surface area contributed by atoms with Crippen LogP contribution in [0.4, 0.5) is 0 Å². The lowest BCUT2D eigenvalue weighted by Gasteiger charge is -2.30. The van der Waals surface area contributed by atoms with Crippen LogP contribution in [0.15, 0.2) is 0 Å². The zero-order chi connectivity index (χ0) is 7.97. The first kappa shape index (κ1) is 6.76. The largest absolute Gasteiger partial charge is 0.377 e. The lowest BCUT2D eigenvalue weighted by atomic mass is 9.81. The molecule has 2 bridgehead atoms. The number of ether oxygens (including phenoxy) is 3. The highest BCUT2D eigenvalue weighted by Gasteiger charge is 2.80. The van der Waals surface area contributed by atoms with Crippen LogP contribution in [-0.4, -0.2) is 41.5 Å². The summed E-state index contributed by atoms with van der Waals surface area (Å²) in [6.45, 7) is 1.48. The molecule has 4 aliphatic heterocycles. The van der Waals surface area contributed by atoms with Gasteiger partial charge in [0.1, 0.15) is 17.8 Å². The molecule has 12 heavy (non-hydrogen) atoms. The van der Waals surface area contributed by atoms with Gasteiger partial charge in [0.25, 0.3) is 0 Å². The molecule has 3 nitrogen and oxygen atoms in total. The number of hydrogen-bond donors (Lipinski definition) is 0. The summed E-state index contributed by atoms with van der Waals surface area (Å²) in [6.07, 6.45) is 2.09. The molecular formula is C8H9BrO3. The van der Waals surface area contributed by atoms with E-state index < -0.39 is 0 Å². The molecule has 4 saturated heterocycles. The first-order chi connectivity index (χ1) is 5.75. The lowest BCUT2D eigenvalue weighted by molar-refractivity contribution is -0.0687. The molecular weight excluding hydrogens is 224 g/mol. The van der Waals surface area contributed by atoms with Crippen molar-refractivity contribution in [2.75, 3.05) is 13.2 Å². The fourth-order valence-corrected chi connectivity index (χ4v) is 3.90. The minimum Gasteiger partial charge on any atom is -0.377 e.